The number of carbonyl (C=O) groups is 1. The van der Waals surface area contributed by atoms with Crippen molar-refractivity contribution in [3.05, 3.63) is 29.3 Å². The smallest absolute Gasteiger partial charge is 0.239 e. The number of rotatable bonds is 4. The van der Waals surface area contributed by atoms with Gasteiger partial charge in [0.1, 0.15) is 5.01 Å². The number of nitrogens with zero attached hydrogens (tertiary/aromatic N) is 3. The Balaban J connectivity index is 2.10. The van der Waals surface area contributed by atoms with Crippen LogP contribution in [0.25, 0.3) is 10.2 Å². The van der Waals surface area contributed by atoms with Crippen LogP contribution in [0.1, 0.15) is 11.9 Å². The summed E-state index contributed by atoms with van der Waals surface area (Å²) in [5.74, 6) is 0.114. The van der Waals surface area contributed by atoms with Gasteiger partial charge in [0.15, 0.2) is 0 Å². The van der Waals surface area contributed by atoms with Gasteiger partial charge in [-0.25, -0.2) is 4.98 Å². The molecule has 19 heavy (non-hydrogen) atoms. The van der Waals surface area contributed by atoms with Gasteiger partial charge in [-0.15, -0.1) is 11.3 Å². The Labute approximate surface area is 117 Å². The maximum atomic E-state index is 11.9. The molecule has 2 aromatic rings. The molecule has 0 N–H and O–H groups in total. The fourth-order valence-corrected chi connectivity index (χ4v) is 2.93. The van der Waals surface area contributed by atoms with Crippen LogP contribution in [0.5, 0.6) is 0 Å². The van der Waals surface area contributed by atoms with Crippen LogP contribution in [-0.4, -0.2) is 47.9 Å². The van der Waals surface area contributed by atoms with Crippen molar-refractivity contribution in [3.63, 3.8) is 0 Å². The van der Waals surface area contributed by atoms with E-state index in [9.17, 15) is 4.79 Å². The number of amides is 1. The molecule has 1 aromatic carbocycles. The number of aromatic nitrogens is 1. The largest absolute Gasteiger partial charge is 0.347 e. The SMILES string of the molecule is CC(C(=O)N(C)C)N(C)Cc1nc2ccccc2s1. The first-order valence-electron chi connectivity index (χ1n) is 6.25. The molecule has 1 amide bonds. The Morgan fingerprint density at radius 3 is 2.63 bits per heavy atom. The molecule has 5 heteroatoms. The first kappa shape index (κ1) is 14.0. The number of para-hydroxylation sites is 1. The van der Waals surface area contributed by atoms with Gasteiger partial charge in [-0.05, 0) is 26.1 Å². The maximum absolute atomic E-state index is 11.9. The Hall–Kier alpha value is -1.46. The molecule has 1 atom stereocenters. The molecule has 4 nitrogen and oxygen atoms in total. The Kier molecular flexibility index (Phi) is 4.17. The lowest BCUT2D eigenvalue weighted by Gasteiger charge is -2.25. The van der Waals surface area contributed by atoms with Gasteiger partial charge in [-0.1, -0.05) is 12.1 Å². The van der Waals surface area contributed by atoms with Gasteiger partial charge < -0.3 is 4.90 Å². The Morgan fingerprint density at radius 2 is 2.00 bits per heavy atom. The fraction of sp³-hybridized carbons (Fsp3) is 0.429. The van der Waals surface area contributed by atoms with Crippen LogP contribution in [-0.2, 0) is 11.3 Å². The molecular formula is C14H19N3OS. The van der Waals surface area contributed by atoms with E-state index >= 15 is 0 Å². The van der Waals surface area contributed by atoms with E-state index in [-0.39, 0.29) is 11.9 Å². The number of carbonyl (C=O) groups excluding carboxylic acids is 1. The third kappa shape index (κ3) is 3.11. The van der Waals surface area contributed by atoms with Crippen LogP contribution < -0.4 is 0 Å². The van der Waals surface area contributed by atoms with E-state index in [4.69, 9.17) is 0 Å². The first-order valence-corrected chi connectivity index (χ1v) is 7.06. The van der Waals surface area contributed by atoms with Crippen molar-refractivity contribution in [2.24, 2.45) is 0 Å². The number of hydrogen-bond donors (Lipinski definition) is 0. The highest BCUT2D eigenvalue weighted by Gasteiger charge is 2.20. The third-order valence-corrected chi connectivity index (χ3v) is 4.20. The number of benzene rings is 1. The summed E-state index contributed by atoms with van der Waals surface area (Å²) in [4.78, 5) is 20.2. The molecule has 1 unspecified atom stereocenters. The molecule has 1 aromatic heterocycles. The van der Waals surface area contributed by atoms with Crippen LogP contribution in [0, 0.1) is 0 Å². The molecule has 0 saturated heterocycles. The summed E-state index contributed by atoms with van der Waals surface area (Å²) in [5.41, 5.74) is 1.03. The summed E-state index contributed by atoms with van der Waals surface area (Å²) < 4.78 is 1.19. The first-order chi connectivity index (χ1) is 8.99. The van der Waals surface area contributed by atoms with Crippen molar-refractivity contribution in [2.75, 3.05) is 21.1 Å². The summed E-state index contributed by atoms with van der Waals surface area (Å²) in [6, 6.07) is 7.97. The summed E-state index contributed by atoms with van der Waals surface area (Å²) in [7, 11) is 5.52. The van der Waals surface area contributed by atoms with Crippen LogP contribution in [0.2, 0.25) is 0 Å². The number of thiazole rings is 1. The van der Waals surface area contributed by atoms with E-state index in [2.05, 4.69) is 11.1 Å². The predicted molar refractivity (Wildman–Crippen MR) is 79.2 cm³/mol. The number of hydrogen-bond acceptors (Lipinski definition) is 4. The second kappa shape index (κ2) is 5.67. The zero-order chi connectivity index (χ0) is 14.0. The van der Waals surface area contributed by atoms with Crippen LogP contribution in [0.15, 0.2) is 24.3 Å². The topological polar surface area (TPSA) is 36.4 Å². The quantitative estimate of drug-likeness (QED) is 0.859. The van der Waals surface area contributed by atoms with Gasteiger partial charge in [0.25, 0.3) is 0 Å². The molecule has 2 rings (SSSR count). The van der Waals surface area contributed by atoms with E-state index in [0.29, 0.717) is 6.54 Å². The molecule has 0 spiro atoms. The second-order valence-corrected chi connectivity index (χ2v) is 6.01. The molecule has 0 aliphatic carbocycles. The normalized spacial score (nSPS) is 12.9. The monoisotopic (exact) mass is 277 g/mol. The molecule has 0 saturated carbocycles. The molecule has 1 heterocycles. The van der Waals surface area contributed by atoms with E-state index in [1.54, 1.807) is 30.3 Å². The van der Waals surface area contributed by atoms with E-state index in [0.717, 1.165) is 10.5 Å². The van der Waals surface area contributed by atoms with E-state index < -0.39 is 0 Å². The lowest BCUT2D eigenvalue weighted by atomic mass is 10.2. The molecule has 0 bridgehead atoms. The number of likely N-dealkylation sites (N-methyl/N-ethyl adjacent to an activating group) is 2. The molecular weight excluding hydrogens is 258 g/mol. The molecule has 0 fully saturated rings. The molecule has 102 valence electrons. The van der Waals surface area contributed by atoms with Gasteiger partial charge >= 0.3 is 0 Å². The van der Waals surface area contributed by atoms with E-state index in [1.165, 1.54) is 4.70 Å². The van der Waals surface area contributed by atoms with Crippen LogP contribution in [0.4, 0.5) is 0 Å². The van der Waals surface area contributed by atoms with Gasteiger partial charge in [0.05, 0.1) is 22.8 Å². The predicted octanol–water partition coefficient (Wildman–Crippen LogP) is 2.20. The van der Waals surface area contributed by atoms with Crippen molar-refractivity contribution < 1.29 is 4.79 Å². The zero-order valence-electron chi connectivity index (χ0n) is 11.8. The minimum atomic E-state index is -0.137. The Bertz CT molecular complexity index is 546. The summed E-state index contributed by atoms with van der Waals surface area (Å²) in [6.45, 7) is 2.62. The van der Waals surface area contributed by atoms with Gasteiger partial charge in [0, 0.05) is 14.1 Å². The van der Waals surface area contributed by atoms with Crippen LogP contribution >= 0.6 is 11.3 Å². The number of fused-ring (bicyclic) bond motifs is 1. The molecule has 0 aliphatic heterocycles. The van der Waals surface area contributed by atoms with Gasteiger partial charge in [-0.3, -0.25) is 9.69 Å². The minimum absolute atomic E-state index is 0.114. The average Bonchev–Trinajstić information content (AvgIpc) is 2.78. The zero-order valence-corrected chi connectivity index (χ0v) is 12.6. The highest BCUT2D eigenvalue weighted by atomic mass is 32.1. The van der Waals surface area contributed by atoms with Gasteiger partial charge in [-0.2, -0.15) is 0 Å². The lowest BCUT2D eigenvalue weighted by Crippen LogP contribution is -2.42. The summed E-state index contributed by atoms with van der Waals surface area (Å²) in [5, 5.41) is 1.04. The van der Waals surface area contributed by atoms with Crippen molar-refractivity contribution in [1.29, 1.82) is 0 Å². The summed E-state index contributed by atoms with van der Waals surface area (Å²) in [6.07, 6.45) is 0. The fourth-order valence-electron chi connectivity index (χ4n) is 1.90. The molecule has 0 aliphatic rings. The standard InChI is InChI=1S/C14H19N3OS/c1-10(14(18)16(2)3)17(4)9-13-15-11-7-5-6-8-12(11)19-13/h5-8,10H,9H2,1-4H3. The minimum Gasteiger partial charge on any atom is -0.347 e. The summed E-state index contributed by atoms with van der Waals surface area (Å²) >= 11 is 1.69. The highest BCUT2D eigenvalue weighted by molar-refractivity contribution is 7.18. The third-order valence-electron chi connectivity index (χ3n) is 3.18. The Morgan fingerprint density at radius 1 is 1.32 bits per heavy atom. The second-order valence-electron chi connectivity index (χ2n) is 4.90. The lowest BCUT2D eigenvalue weighted by molar-refractivity contribution is -0.133. The van der Waals surface area contributed by atoms with E-state index in [1.807, 2.05) is 37.1 Å². The highest BCUT2D eigenvalue weighted by Crippen LogP contribution is 2.22. The van der Waals surface area contributed by atoms with Crippen molar-refractivity contribution >= 4 is 27.5 Å². The van der Waals surface area contributed by atoms with Crippen LogP contribution in [0.3, 0.4) is 0 Å². The van der Waals surface area contributed by atoms with Crippen molar-refractivity contribution in [1.82, 2.24) is 14.8 Å². The van der Waals surface area contributed by atoms with Crippen molar-refractivity contribution in [3.8, 4) is 0 Å². The van der Waals surface area contributed by atoms with Crippen molar-refractivity contribution in [2.45, 2.75) is 19.5 Å². The molecule has 0 radical (unpaired) electrons. The average molecular weight is 277 g/mol. The van der Waals surface area contributed by atoms with Gasteiger partial charge in [0.2, 0.25) is 5.91 Å². The maximum Gasteiger partial charge on any atom is 0.239 e.